The maximum absolute atomic E-state index is 12.5. The maximum atomic E-state index is 12.5. The Morgan fingerprint density at radius 3 is 2.29 bits per heavy atom. The van der Waals surface area contributed by atoms with Crippen LogP contribution in [-0.2, 0) is 11.3 Å². The van der Waals surface area contributed by atoms with Crippen molar-refractivity contribution in [2.75, 3.05) is 31.5 Å². The zero-order valence-electron chi connectivity index (χ0n) is 16.6. The summed E-state index contributed by atoms with van der Waals surface area (Å²) in [5.41, 5.74) is 1.33. The van der Waals surface area contributed by atoms with E-state index < -0.39 is 5.60 Å². The first-order valence-corrected chi connectivity index (χ1v) is 9.40. The highest BCUT2D eigenvalue weighted by molar-refractivity contribution is 5.89. The van der Waals surface area contributed by atoms with Gasteiger partial charge in [0.25, 0.3) is 0 Å². The molecule has 8 heteroatoms. The summed E-state index contributed by atoms with van der Waals surface area (Å²) in [6.07, 6.45) is 3.32. The van der Waals surface area contributed by atoms with Crippen molar-refractivity contribution in [1.82, 2.24) is 19.6 Å². The Bertz CT molecular complexity index is 788. The largest absolute Gasteiger partial charge is 0.444 e. The lowest BCUT2D eigenvalue weighted by atomic mass is 10.2. The summed E-state index contributed by atoms with van der Waals surface area (Å²) in [7, 11) is 0. The molecule has 150 valence electrons. The molecule has 3 amide bonds. The van der Waals surface area contributed by atoms with E-state index in [9.17, 15) is 9.59 Å². The van der Waals surface area contributed by atoms with Crippen molar-refractivity contribution in [3.05, 3.63) is 48.3 Å². The van der Waals surface area contributed by atoms with Gasteiger partial charge in [-0.3, -0.25) is 4.68 Å². The number of hydrogen-bond donors (Lipinski definition) is 1. The third-order valence-electron chi connectivity index (χ3n) is 4.33. The fourth-order valence-corrected chi connectivity index (χ4v) is 2.90. The average Bonchev–Trinajstić information content (AvgIpc) is 3.15. The molecule has 0 bridgehead atoms. The number of aromatic nitrogens is 2. The number of nitrogens with one attached hydrogen (secondary N) is 1. The molecular weight excluding hydrogens is 358 g/mol. The van der Waals surface area contributed by atoms with Crippen molar-refractivity contribution in [2.24, 2.45) is 0 Å². The molecule has 2 heterocycles. The first-order valence-electron chi connectivity index (χ1n) is 9.40. The van der Waals surface area contributed by atoms with Crippen LogP contribution in [0.1, 0.15) is 26.3 Å². The molecule has 0 spiro atoms. The summed E-state index contributed by atoms with van der Waals surface area (Å²) in [6.45, 7) is 8.09. The van der Waals surface area contributed by atoms with Crippen LogP contribution in [0.3, 0.4) is 0 Å². The topological polar surface area (TPSA) is 79.7 Å². The fourth-order valence-electron chi connectivity index (χ4n) is 2.90. The smallest absolute Gasteiger partial charge is 0.410 e. The Morgan fingerprint density at radius 2 is 1.71 bits per heavy atom. The lowest BCUT2D eigenvalue weighted by Gasteiger charge is -2.35. The summed E-state index contributed by atoms with van der Waals surface area (Å²) in [4.78, 5) is 27.9. The second-order valence-corrected chi connectivity index (χ2v) is 7.79. The standard InChI is InChI=1S/C20H27N5O3/c1-20(2,3)28-19(27)24-13-11-23(12-14-24)18(26)22-17-7-5-16(6-8-17)15-25-10-4-9-21-25/h4-10H,11-15H2,1-3H3,(H,22,26). The van der Waals surface area contributed by atoms with Crippen LogP contribution < -0.4 is 5.32 Å². The Balaban J connectivity index is 1.47. The fraction of sp³-hybridized carbons (Fsp3) is 0.450. The lowest BCUT2D eigenvalue weighted by molar-refractivity contribution is 0.0174. The molecule has 1 aromatic heterocycles. The molecule has 1 saturated heterocycles. The molecule has 0 unspecified atom stereocenters. The molecular formula is C20H27N5O3. The van der Waals surface area contributed by atoms with Crippen LogP contribution in [0.5, 0.6) is 0 Å². The number of hydrogen-bond acceptors (Lipinski definition) is 4. The Morgan fingerprint density at radius 1 is 1.07 bits per heavy atom. The van der Waals surface area contributed by atoms with E-state index in [1.165, 1.54) is 0 Å². The van der Waals surface area contributed by atoms with Gasteiger partial charge in [-0.2, -0.15) is 5.10 Å². The van der Waals surface area contributed by atoms with E-state index in [4.69, 9.17) is 4.74 Å². The van der Waals surface area contributed by atoms with Gasteiger partial charge in [-0.15, -0.1) is 0 Å². The number of amides is 3. The van der Waals surface area contributed by atoms with Crippen LogP contribution >= 0.6 is 0 Å². The number of carbonyl (C=O) groups excluding carboxylic acids is 2. The SMILES string of the molecule is CC(C)(C)OC(=O)N1CCN(C(=O)Nc2ccc(Cn3cccn3)cc2)CC1. The molecule has 0 aliphatic carbocycles. The average molecular weight is 385 g/mol. The van der Waals surface area contributed by atoms with Crippen molar-refractivity contribution in [3.8, 4) is 0 Å². The van der Waals surface area contributed by atoms with Crippen LogP contribution in [0.15, 0.2) is 42.7 Å². The Hall–Kier alpha value is -3.03. The molecule has 0 radical (unpaired) electrons. The highest BCUT2D eigenvalue weighted by Gasteiger charge is 2.27. The quantitative estimate of drug-likeness (QED) is 0.881. The minimum absolute atomic E-state index is 0.163. The van der Waals surface area contributed by atoms with E-state index >= 15 is 0 Å². The number of carbonyl (C=O) groups is 2. The molecule has 3 rings (SSSR count). The van der Waals surface area contributed by atoms with Gasteiger partial charge in [0, 0.05) is 44.3 Å². The first-order chi connectivity index (χ1) is 13.3. The van der Waals surface area contributed by atoms with E-state index in [-0.39, 0.29) is 12.1 Å². The number of benzene rings is 1. The number of piperazine rings is 1. The van der Waals surface area contributed by atoms with Crippen molar-refractivity contribution in [3.63, 3.8) is 0 Å². The van der Waals surface area contributed by atoms with Crippen LogP contribution in [0.25, 0.3) is 0 Å². The van der Waals surface area contributed by atoms with Gasteiger partial charge in [-0.05, 0) is 44.5 Å². The van der Waals surface area contributed by atoms with Crippen molar-refractivity contribution in [1.29, 1.82) is 0 Å². The second-order valence-electron chi connectivity index (χ2n) is 7.79. The van der Waals surface area contributed by atoms with Crippen LogP contribution in [0, 0.1) is 0 Å². The molecule has 1 fully saturated rings. The van der Waals surface area contributed by atoms with E-state index in [0.29, 0.717) is 32.7 Å². The molecule has 28 heavy (non-hydrogen) atoms. The lowest BCUT2D eigenvalue weighted by Crippen LogP contribution is -2.52. The molecule has 0 saturated carbocycles. The van der Waals surface area contributed by atoms with Crippen molar-refractivity contribution >= 4 is 17.8 Å². The van der Waals surface area contributed by atoms with Crippen LogP contribution in [-0.4, -0.2) is 63.5 Å². The molecule has 2 aromatic rings. The normalized spacial score (nSPS) is 14.7. The molecule has 1 aliphatic rings. The predicted octanol–water partition coefficient (Wildman–Crippen LogP) is 3.02. The van der Waals surface area contributed by atoms with Gasteiger partial charge in [0.1, 0.15) is 5.60 Å². The zero-order valence-corrected chi connectivity index (χ0v) is 16.6. The van der Waals surface area contributed by atoms with Crippen molar-refractivity contribution in [2.45, 2.75) is 32.9 Å². The van der Waals surface area contributed by atoms with E-state index in [2.05, 4.69) is 10.4 Å². The van der Waals surface area contributed by atoms with Gasteiger partial charge in [-0.1, -0.05) is 12.1 Å². The minimum atomic E-state index is -0.519. The molecule has 1 N–H and O–H groups in total. The van der Waals surface area contributed by atoms with Crippen molar-refractivity contribution < 1.29 is 14.3 Å². The molecule has 1 aromatic carbocycles. The molecule has 1 aliphatic heterocycles. The summed E-state index contributed by atoms with van der Waals surface area (Å²) in [5.74, 6) is 0. The van der Waals surface area contributed by atoms with E-state index in [0.717, 1.165) is 11.3 Å². The predicted molar refractivity (Wildman–Crippen MR) is 106 cm³/mol. The highest BCUT2D eigenvalue weighted by Crippen LogP contribution is 2.14. The third kappa shape index (κ3) is 5.48. The number of ether oxygens (including phenoxy) is 1. The van der Waals surface area contributed by atoms with Gasteiger partial charge in [0.2, 0.25) is 0 Å². The van der Waals surface area contributed by atoms with E-state index in [1.54, 1.807) is 16.0 Å². The summed E-state index contributed by atoms with van der Waals surface area (Å²) in [6, 6.07) is 9.43. The number of urea groups is 1. The van der Waals surface area contributed by atoms with Gasteiger partial charge in [0.05, 0.1) is 6.54 Å². The monoisotopic (exact) mass is 385 g/mol. The summed E-state index contributed by atoms with van der Waals surface area (Å²) >= 11 is 0. The Labute approximate surface area is 165 Å². The number of nitrogens with zero attached hydrogens (tertiary/aromatic N) is 4. The van der Waals surface area contributed by atoms with Crippen LogP contribution in [0.2, 0.25) is 0 Å². The highest BCUT2D eigenvalue weighted by atomic mass is 16.6. The first kappa shape index (κ1) is 19.7. The second kappa shape index (κ2) is 8.33. The maximum Gasteiger partial charge on any atom is 0.410 e. The van der Waals surface area contributed by atoms with Gasteiger partial charge >= 0.3 is 12.1 Å². The molecule has 0 atom stereocenters. The minimum Gasteiger partial charge on any atom is -0.444 e. The Kier molecular flexibility index (Phi) is 5.87. The number of anilines is 1. The molecule has 8 nitrogen and oxygen atoms in total. The number of rotatable bonds is 3. The van der Waals surface area contributed by atoms with Crippen LogP contribution in [0.4, 0.5) is 15.3 Å². The third-order valence-corrected chi connectivity index (χ3v) is 4.33. The van der Waals surface area contributed by atoms with E-state index in [1.807, 2.05) is 62.0 Å². The van der Waals surface area contributed by atoms with Gasteiger partial charge in [0.15, 0.2) is 0 Å². The summed E-state index contributed by atoms with van der Waals surface area (Å²) < 4.78 is 7.22. The van der Waals surface area contributed by atoms with Gasteiger partial charge < -0.3 is 19.9 Å². The van der Waals surface area contributed by atoms with Gasteiger partial charge in [-0.25, -0.2) is 9.59 Å². The summed E-state index contributed by atoms with van der Waals surface area (Å²) in [5, 5.41) is 7.09. The zero-order chi connectivity index (χ0) is 20.1.